The molecule has 0 aliphatic carbocycles. The number of pyridine rings is 1. The molecule has 0 atom stereocenters. The number of hydrogen-bond donors (Lipinski definition) is 0. The number of nitrogens with zero attached hydrogens (tertiary/aromatic N) is 3. The standard InChI is InChI=1S/C26H31N3O2/c1-4-28-15-13-19(14-16-28)22-18-25(30)29(5-2)24-12-11-20(17-23(22)24)26(31)27(3)21-9-7-6-8-10-21/h6-12,17-19H,4-5,13-16H2,1-3H3. The molecule has 2 heterocycles. The van der Waals surface area contributed by atoms with Crippen LogP contribution in [0.1, 0.15) is 48.5 Å². The van der Waals surface area contributed by atoms with Crippen LogP contribution in [0.5, 0.6) is 0 Å². The van der Waals surface area contributed by atoms with Gasteiger partial charge in [0.1, 0.15) is 0 Å². The zero-order chi connectivity index (χ0) is 22.0. The Morgan fingerprint density at radius 3 is 2.35 bits per heavy atom. The van der Waals surface area contributed by atoms with Gasteiger partial charge in [-0.25, -0.2) is 0 Å². The number of hydrogen-bond acceptors (Lipinski definition) is 3. The zero-order valence-corrected chi connectivity index (χ0v) is 18.7. The first-order valence-electron chi connectivity index (χ1n) is 11.3. The van der Waals surface area contributed by atoms with E-state index in [0.29, 0.717) is 18.0 Å². The summed E-state index contributed by atoms with van der Waals surface area (Å²) in [5.41, 5.74) is 3.56. The van der Waals surface area contributed by atoms with Crippen molar-refractivity contribution in [1.82, 2.24) is 9.47 Å². The number of likely N-dealkylation sites (tertiary alicyclic amines) is 1. The Bertz CT molecular complexity index is 1130. The third-order valence-corrected chi connectivity index (χ3v) is 6.63. The number of anilines is 1. The van der Waals surface area contributed by atoms with E-state index in [4.69, 9.17) is 0 Å². The van der Waals surface area contributed by atoms with Gasteiger partial charge in [0.2, 0.25) is 0 Å². The molecule has 0 unspecified atom stereocenters. The van der Waals surface area contributed by atoms with Gasteiger partial charge in [-0.2, -0.15) is 0 Å². The number of piperidine rings is 1. The van der Waals surface area contributed by atoms with Gasteiger partial charge in [-0.1, -0.05) is 25.1 Å². The van der Waals surface area contributed by atoms with Crippen LogP contribution < -0.4 is 10.5 Å². The van der Waals surface area contributed by atoms with Crippen LogP contribution >= 0.6 is 0 Å². The minimum Gasteiger partial charge on any atom is -0.311 e. The molecule has 31 heavy (non-hydrogen) atoms. The maximum absolute atomic E-state index is 13.2. The van der Waals surface area contributed by atoms with Gasteiger partial charge in [-0.05, 0) is 81.2 Å². The van der Waals surface area contributed by atoms with E-state index in [1.165, 1.54) is 0 Å². The second kappa shape index (κ2) is 9.06. The summed E-state index contributed by atoms with van der Waals surface area (Å²) in [5.74, 6) is 0.302. The summed E-state index contributed by atoms with van der Waals surface area (Å²) in [5, 5.41) is 1.03. The number of amides is 1. The Morgan fingerprint density at radius 2 is 1.71 bits per heavy atom. The minimum absolute atomic E-state index is 0.0448. The van der Waals surface area contributed by atoms with E-state index in [2.05, 4.69) is 11.8 Å². The lowest BCUT2D eigenvalue weighted by molar-refractivity contribution is 0.0993. The predicted molar refractivity (Wildman–Crippen MR) is 127 cm³/mol. The summed E-state index contributed by atoms with van der Waals surface area (Å²) in [7, 11) is 1.80. The quantitative estimate of drug-likeness (QED) is 0.614. The van der Waals surface area contributed by atoms with Crippen LogP contribution in [0.2, 0.25) is 0 Å². The lowest BCUT2D eigenvalue weighted by atomic mass is 9.87. The molecule has 0 saturated carbocycles. The van der Waals surface area contributed by atoms with Crippen molar-refractivity contribution in [3.8, 4) is 0 Å². The molecule has 5 heteroatoms. The van der Waals surface area contributed by atoms with Crippen molar-refractivity contribution < 1.29 is 4.79 Å². The van der Waals surface area contributed by atoms with Crippen molar-refractivity contribution in [1.29, 1.82) is 0 Å². The summed E-state index contributed by atoms with van der Waals surface area (Å²) >= 11 is 0. The molecule has 1 amide bonds. The van der Waals surface area contributed by atoms with Crippen molar-refractivity contribution >= 4 is 22.5 Å². The topological polar surface area (TPSA) is 45.6 Å². The maximum atomic E-state index is 13.2. The number of fused-ring (bicyclic) bond motifs is 1. The van der Waals surface area contributed by atoms with Crippen LogP contribution in [0.4, 0.5) is 5.69 Å². The van der Waals surface area contributed by atoms with Crippen LogP contribution in [-0.2, 0) is 6.54 Å². The second-order valence-electron chi connectivity index (χ2n) is 8.32. The molecular formula is C26H31N3O2. The Morgan fingerprint density at radius 1 is 1.00 bits per heavy atom. The number of carbonyl (C=O) groups is 1. The summed E-state index contributed by atoms with van der Waals surface area (Å²) in [6.07, 6.45) is 2.08. The smallest absolute Gasteiger partial charge is 0.258 e. The molecule has 4 rings (SSSR count). The van der Waals surface area contributed by atoms with Gasteiger partial charge < -0.3 is 14.4 Å². The van der Waals surface area contributed by atoms with Crippen molar-refractivity contribution in [2.75, 3.05) is 31.6 Å². The maximum Gasteiger partial charge on any atom is 0.258 e. The van der Waals surface area contributed by atoms with Crippen LogP contribution in [-0.4, -0.2) is 42.1 Å². The molecule has 1 aromatic heterocycles. The van der Waals surface area contributed by atoms with E-state index < -0.39 is 0 Å². The molecule has 0 N–H and O–H groups in total. The largest absolute Gasteiger partial charge is 0.311 e. The van der Waals surface area contributed by atoms with Crippen molar-refractivity contribution in [3.63, 3.8) is 0 Å². The Kier molecular flexibility index (Phi) is 6.23. The van der Waals surface area contributed by atoms with Gasteiger partial charge in [0.05, 0.1) is 5.52 Å². The monoisotopic (exact) mass is 417 g/mol. The Labute approximate surface area is 183 Å². The molecule has 2 aromatic carbocycles. The van der Waals surface area contributed by atoms with Crippen LogP contribution in [0, 0.1) is 0 Å². The van der Waals surface area contributed by atoms with Gasteiger partial charge in [0, 0.05) is 36.3 Å². The van der Waals surface area contributed by atoms with Crippen molar-refractivity contribution in [2.45, 2.75) is 39.2 Å². The molecule has 3 aromatic rings. The molecule has 162 valence electrons. The molecule has 5 nitrogen and oxygen atoms in total. The van der Waals surface area contributed by atoms with E-state index in [1.54, 1.807) is 16.5 Å². The average Bonchev–Trinajstić information content (AvgIpc) is 2.83. The third kappa shape index (κ3) is 4.15. The fraction of sp³-hybridized carbons (Fsp3) is 0.385. The molecular weight excluding hydrogens is 386 g/mol. The van der Waals surface area contributed by atoms with E-state index in [1.807, 2.05) is 61.5 Å². The highest BCUT2D eigenvalue weighted by atomic mass is 16.2. The highest BCUT2D eigenvalue weighted by molar-refractivity contribution is 6.07. The summed E-state index contributed by atoms with van der Waals surface area (Å²) in [6, 6.07) is 17.3. The van der Waals surface area contributed by atoms with Crippen molar-refractivity contribution in [3.05, 3.63) is 76.1 Å². The molecule has 1 saturated heterocycles. The minimum atomic E-state index is -0.0471. The predicted octanol–water partition coefficient (Wildman–Crippen LogP) is 4.50. The number of carbonyl (C=O) groups excluding carboxylic acids is 1. The summed E-state index contributed by atoms with van der Waals surface area (Å²) in [6.45, 7) is 7.96. The number of aryl methyl sites for hydroxylation is 1. The highest BCUT2D eigenvalue weighted by Gasteiger charge is 2.24. The number of rotatable bonds is 5. The van der Waals surface area contributed by atoms with Crippen molar-refractivity contribution in [2.24, 2.45) is 0 Å². The van der Waals surface area contributed by atoms with Gasteiger partial charge in [0.15, 0.2) is 0 Å². The molecule has 1 aliphatic rings. The van der Waals surface area contributed by atoms with E-state index >= 15 is 0 Å². The average molecular weight is 418 g/mol. The van der Waals surface area contributed by atoms with Gasteiger partial charge >= 0.3 is 0 Å². The van der Waals surface area contributed by atoms with E-state index in [9.17, 15) is 9.59 Å². The normalized spacial score (nSPS) is 15.3. The van der Waals surface area contributed by atoms with Crippen LogP contribution in [0.25, 0.3) is 10.9 Å². The van der Waals surface area contributed by atoms with Gasteiger partial charge in [-0.3, -0.25) is 9.59 Å². The van der Waals surface area contributed by atoms with Crippen LogP contribution in [0.15, 0.2) is 59.4 Å². The lowest BCUT2D eigenvalue weighted by Gasteiger charge is -2.32. The molecule has 1 fully saturated rings. The number of aromatic nitrogens is 1. The van der Waals surface area contributed by atoms with Crippen LogP contribution in [0.3, 0.4) is 0 Å². The zero-order valence-electron chi connectivity index (χ0n) is 18.7. The Balaban J connectivity index is 1.77. The van der Waals surface area contributed by atoms with E-state index in [0.717, 1.165) is 54.6 Å². The summed E-state index contributed by atoms with van der Waals surface area (Å²) in [4.78, 5) is 30.2. The lowest BCUT2D eigenvalue weighted by Crippen LogP contribution is -2.33. The SMILES string of the molecule is CCN1CCC(c2cc(=O)n(CC)c3ccc(C(=O)N(C)c4ccccc4)cc23)CC1. The third-order valence-electron chi connectivity index (χ3n) is 6.63. The fourth-order valence-corrected chi connectivity index (χ4v) is 4.73. The first-order valence-corrected chi connectivity index (χ1v) is 11.3. The fourth-order valence-electron chi connectivity index (χ4n) is 4.73. The van der Waals surface area contributed by atoms with Gasteiger partial charge in [0.25, 0.3) is 11.5 Å². The highest BCUT2D eigenvalue weighted by Crippen LogP contribution is 2.33. The molecule has 0 radical (unpaired) electrons. The molecule has 0 spiro atoms. The Hall–Kier alpha value is -2.92. The first kappa shape index (κ1) is 21.3. The number of benzene rings is 2. The first-order chi connectivity index (χ1) is 15.0. The number of para-hydroxylation sites is 1. The molecule has 1 aliphatic heterocycles. The summed E-state index contributed by atoms with van der Waals surface area (Å²) < 4.78 is 1.80. The second-order valence-corrected chi connectivity index (χ2v) is 8.32. The molecule has 0 bridgehead atoms. The van der Waals surface area contributed by atoms with Gasteiger partial charge in [-0.15, -0.1) is 0 Å². The van der Waals surface area contributed by atoms with E-state index in [-0.39, 0.29) is 11.5 Å².